The summed E-state index contributed by atoms with van der Waals surface area (Å²) in [5, 5.41) is 2.65. The molecule has 1 aliphatic carbocycles. The number of aromatic nitrogens is 1. The minimum atomic E-state index is -4.21. The van der Waals surface area contributed by atoms with Crippen molar-refractivity contribution in [3.8, 4) is 5.88 Å². The minimum absolute atomic E-state index is 0.0295. The van der Waals surface area contributed by atoms with E-state index in [0.29, 0.717) is 0 Å². The van der Waals surface area contributed by atoms with Crippen molar-refractivity contribution in [2.24, 2.45) is 5.92 Å². The molecule has 1 aliphatic rings. The standard InChI is InChI=1S/C15H20F4N4O2/c16-5-6-25-14-10(7-11(20)12(21)23-14)13(24)22-9-3-1-8(2-4-9)15(17,18)19/h7-9H,1-6,20H2,(H2,21,23)(H,22,24). The largest absolute Gasteiger partial charge is 0.474 e. The van der Waals surface area contributed by atoms with E-state index in [-0.39, 0.29) is 61.3 Å². The van der Waals surface area contributed by atoms with Crippen LogP contribution in [0.3, 0.4) is 0 Å². The van der Waals surface area contributed by atoms with Gasteiger partial charge in [-0.2, -0.15) is 18.2 Å². The molecule has 1 amide bonds. The van der Waals surface area contributed by atoms with Crippen LogP contribution >= 0.6 is 0 Å². The van der Waals surface area contributed by atoms with E-state index in [1.807, 2.05) is 0 Å². The number of nitrogens with one attached hydrogen (secondary N) is 1. The molecule has 0 atom stereocenters. The lowest BCUT2D eigenvalue weighted by molar-refractivity contribution is -0.182. The molecule has 140 valence electrons. The maximum atomic E-state index is 12.7. The molecule has 0 radical (unpaired) electrons. The summed E-state index contributed by atoms with van der Waals surface area (Å²) in [4.78, 5) is 16.2. The third-order valence-corrected chi connectivity index (χ3v) is 4.13. The molecule has 0 aliphatic heterocycles. The van der Waals surface area contributed by atoms with Gasteiger partial charge in [0.2, 0.25) is 5.88 Å². The second-order valence-corrected chi connectivity index (χ2v) is 5.92. The molecule has 2 rings (SSSR count). The number of hydrogen-bond acceptors (Lipinski definition) is 5. The molecule has 6 nitrogen and oxygen atoms in total. The number of halogens is 4. The zero-order valence-corrected chi connectivity index (χ0v) is 13.4. The highest BCUT2D eigenvalue weighted by Crippen LogP contribution is 2.37. The first-order valence-electron chi connectivity index (χ1n) is 7.84. The van der Waals surface area contributed by atoms with Crippen molar-refractivity contribution in [2.75, 3.05) is 24.7 Å². The van der Waals surface area contributed by atoms with Gasteiger partial charge in [0.05, 0.1) is 11.6 Å². The van der Waals surface area contributed by atoms with Crippen molar-refractivity contribution in [3.63, 3.8) is 0 Å². The second-order valence-electron chi connectivity index (χ2n) is 5.92. The number of amides is 1. The van der Waals surface area contributed by atoms with Gasteiger partial charge in [-0.1, -0.05) is 0 Å². The van der Waals surface area contributed by atoms with Crippen LogP contribution in [0.5, 0.6) is 5.88 Å². The van der Waals surface area contributed by atoms with E-state index in [1.165, 1.54) is 6.07 Å². The predicted octanol–water partition coefficient (Wildman–Crippen LogP) is 2.45. The molecule has 0 bridgehead atoms. The number of hydrogen-bond donors (Lipinski definition) is 3. The highest BCUT2D eigenvalue weighted by Gasteiger charge is 2.41. The number of rotatable bonds is 5. The fraction of sp³-hybridized carbons (Fsp3) is 0.600. The van der Waals surface area contributed by atoms with E-state index in [4.69, 9.17) is 16.2 Å². The lowest BCUT2D eigenvalue weighted by Crippen LogP contribution is -2.40. The molecule has 0 aromatic carbocycles. The van der Waals surface area contributed by atoms with E-state index < -0.39 is 24.7 Å². The van der Waals surface area contributed by atoms with Gasteiger partial charge in [0.1, 0.15) is 18.8 Å². The van der Waals surface area contributed by atoms with E-state index in [2.05, 4.69) is 10.3 Å². The van der Waals surface area contributed by atoms with Crippen LogP contribution < -0.4 is 21.5 Å². The molecule has 10 heteroatoms. The van der Waals surface area contributed by atoms with Gasteiger partial charge in [0, 0.05) is 6.04 Å². The minimum Gasteiger partial charge on any atom is -0.474 e. The molecular weight excluding hydrogens is 344 g/mol. The number of nitrogen functional groups attached to an aromatic ring is 2. The molecule has 25 heavy (non-hydrogen) atoms. The molecule has 1 heterocycles. The first-order chi connectivity index (χ1) is 11.7. The summed E-state index contributed by atoms with van der Waals surface area (Å²) >= 11 is 0. The number of anilines is 2. The van der Waals surface area contributed by atoms with Gasteiger partial charge < -0.3 is 21.5 Å². The number of nitrogens with two attached hydrogens (primary N) is 2. The lowest BCUT2D eigenvalue weighted by atomic mass is 9.85. The zero-order valence-electron chi connectivity index (χ0n) is 13.4. The SMILES string of the molecule is Nc1cc(C(=O)NC2CCC(C(F)(F)F)CC2)c(OCCF)nc1N. The predicted molar refractivity (Wildman–Crippen MR) is 83.8 cm³/mol. The van der Waals surface area contributed by atoms with Crippen molar-refractivity contribution < 1.29 is 27.1 Å². The van der Waals surface area contributed by atoms with Crippen LogP contribution in [0.2, 0.25) is 0 Å². The van der Waals surface area contributed by atoms with Crippen LogP contribution in [0.15, 0.2) is 6.07 Å². The van der Waals surface area contributed by atoms with Gasteiger partial charge in [-0.15, -0.1) is 0 Å². The Bertz CT molecular complexity index is 616. The van der Waals surface area contributed by atoms with E-state index >= 15 is 0 Å². The average Bonchev–Trinajstić information content (AvgIpc) is 2.55. The summed E-state index contributed by atoms with van der Waals surface area (Å²) in [6, 6.07) is 0.867. The first-order valence-corrected chi connectivity index (χ1v) is 7.84. The first kappa shape index (κ1) is 19.1. The second kappa shape index (κ2) is 7.75. The summed E-state index contributed by atoms with van der Waals surface area (Å²) in [5.74, 6) is -2.15. The number of ether oxygens (including phenoxy) is 1. The summed E-state index contributed by atoms with van der Waals surface area (Å²) in [6.45, 7) is -1.10. The summed E-state index contributed by atoms with van der Waals surface area (Å²) in [6.07, 6.45) is -3.86. The number of pyridine rings is 1. The molecule has 0 unspecified atom stereocenters. The maximum absolute atomic E-state index is 12.7. The highest BCUT2D eigenvalue weighted by atomic mass is 19.4. The van der Waals surface area contributed by atoms with Crippen molar-refractivity contribution in [3.05, 3.63) is 11.6 Å². The van der Waals surface area contributed by atoms with Gasteiger partial charge in [-0.05, 0) is 31.7 Å². The molecule has 1 fully saturated rings. The van der Waals surface area contributed by atoms with Crippen molar-refractivity contribution in [1.82, 2.24) is 10.3 Å². The molecule has 1 aromatic heterocycles. The molecule has 5 N–H and O–H groups in total. The van der Waals surface area contributed by atoms with Crippen LogP contribution in [0.4, 0.5) is 29.1 Å². The van der Waals surface area contributed by atoms with E-state index in [9.17, 15) is 22.4 Å². The van der Waals surface area contributed by atoms with E-state index in [0.717, 1.165) is 0 Å². The van der Waals surface area contributed by atoms with Gasteiger partial charge in [0.25, 0.3) is 5.91 Å². The smallest absolute Gasteiger partial charge is 0.391 e. The molecule has 0 spiro atoms. The monoisotopic (exact) mass is 364 g/mol. The number of carbonyl (C=O) groups excluding carboxylic acids is 1. The zero-order chi connectivity index (χ0) is 18.6. The van der Waals surface area contributed by atoms with Gasteiger partial charge in [-0.25, -0.2) is 4.39 Å². The van der Waals surface area contributed by atoms with Crippen molar-refractivity contribution >= 4 is 17.4 Å². The number of nitrogens with zero attached hydrogens (tertiary/aromatic N) is 1. The molecule has 0 saturated heterocycles. The van der Waals surface area contributed by atoms with Crippen LogP contribution in [0, 0.1) is 5.92 Å². The fourth-order valence-electron chi connectivity index (χ4n) is 2.76. The Labute approximate surface area is 141 Å². The van der Waals surface area contributed by atoms with Gasteiger partial charge in [0.15, 0.2) is 5.82 Å². The van der Waals surface area contributed by atoms with E-state index in [1.54, 1.807) is 0 Å². The maximum Gasteiger partial charge on any atom is 0.391 e. The Morgan fingerprint density at radius 1 is 1.28 bits per heavy atom. The van der Waals surface area contributed by atoms with Crippen LogP contribution in [-0.2, 0) is 0 Å². The summed E-state index contributed by atoms with van der Waals surface area (Å²) in [5.41, 5.74) is 11.2. The third-order valence-electron chi connectivity index (χ3n) is 4.13. The normalized spacial score (nSPS) is 21.0. The number of carbonyl (C=O) groups is 1. The summed E-state index contributed by atoms with van der Waals surface area (Å²) in [7, 11) is 0. The van der Waals surface area contributed by atoms with Gasteiger partial charge >= 0.3 is 6.18 Å². The highest BCUT2D eigenvalue weighted by molar-refractivity contribution is 5.98. The fourth-order valence-corrected chi connectivity index (χ4v) is 2.76. The van der Waals surface area contributed by atoms with Crippen molar-refractivity contribution in [2.45, 2.75) is 37.9 Å². The Kier molecular flexibility index (Phi) is 5.91. The molecule has 1 saturated carbocycles. The quantitative estimate of drug-likeness (QED) is 0.697. The Morgan fingerprint density at radius 2 is 1.92 bits per heavy atom. The number of alkyl halides is 4. The molecular formula is C15H20F4N4O2. The Hall–Kier alpha value is -2.26. The summed E-state index contributed by atoms with van der Waals surface area (Å²) < 4.78 is 55.4. The van der Waals surface area contributed by atoms with Crippen molar-refractivity contribution in [1.29, 1.82) is 0 Å². The molecule has 1 aromatic rings. The van der Waals surface area contributed by atoms with Crippen LogP contribution in [0.1, 0.15) is 36.0 Å². The average molecular weight is 364 g/mol. The van der Waals surface area contributed by atoms with Crippen LogP contribution in [-0.4, -0.2) is 36.4 Å². The Balaban J connectivity index is 2.05. The third kappa shape index (κ3) is 4.86. The Morgan fingerprint density at radius 3 is 2.48 bits per heavy atom. The lowest BCUT2D eigenvalue weighted by Gasteiger charge is -2.30. The van der Waals surface area contributed by atoms with Crippen LogP contribution in [0.25, 0.3) is 0 Å². The van der Waals surface area contributed by atoms with Gasteiger partial charge in [-0.3, -0.25) is 4.79 Å². The topological polar surface area (TPSA) is 103 Å².